The Kier molecular flexibility index (Phi) is 4.84. The maximum atomic E-state index is 9.89. The first kappa shape index (κ1) is 22.7. The number of fused-ring (bicyclic) bond motifs is 6. The van der Waals surface area contributed by atoms with Gasteiger partial charge in [-0.05, 0) is 50.4 Å². The molecule has 0 amide bonds. The molecule has 0 spiro atoms. The highest BCUT2D eigenvalue weighted by molar-refractivity contribution is 6.13. The Morgan fingerprint density at radius 3 is 1.85 bits per heavy atom. The van der Waals surface area contributed by atoms with Crippen LogP contribution in [0.25, 0.3) is 65.6 Å². The standard InChI is InChI=1S/C32H12N8/c1-36-26(16-35)28-23-13-19(27-20-8-4-2-6-17(20)12-18-7-3-5-9-21(18)27)10-11-22(23)29-30(28)40-32-31(39-29)37-24(14-33)25(15-34)38-32/h2-13H/b28-26+. The first-order valence-corrected chi connectivity index (χ1v) is 12.1. The van der Waals surface area contributed by atoms with E-state index in [0.717, 1.165) is 32.7 Å². The molecule has 0 bridgehead atoms. The Bertz CT molecular complexity index is 2250. The first-order chi connectivity index (χ1) is 19.6. The Morgan fingerprint density at radius 1 is 0.675 bits per heavy atom. The lowest BCUT2D eigenvalue weighted by Gasteiger charge is -2.13. The number of aromatic nitrogens is 4. The molecule has 0 atom stereocenters. The highest BCUT2D eigenvalue weighted by atomic mass is 15.0. The second-order valence-corrected chi connectivity index (χ2v) is 9.11. The van der Waals surface area contributed by atoms with Crippen molar-refractivity contribution >= 4 is 38.4 Å². The van der Waals surface area contributed by atoms with E-state index in [1.54, 1.807) is 0 Å². The monoisotopic (exact) mass is 508 g/mol. The summed E-state index contributed by atoms with van der Waals surface area (Å²) < 4.78 is 0. The molecule has 8 heteroatoms. The highest BCUT2D eigenvalue weighted by Gasteiger charge is 2.31. The van der Waals surface area contributed by atoms with Gasteiger partial charge in [0.2, 0.25) is 0 Å². The Morgan fingerprint density at radius 2 is 1.27 bits per heavy atom. The molecule has 0 saturated heterocycles. The van der Waals surface area contributed by atoms with E-state index in [9.17, 15) is 15.8 Å². The number of nitrogens with zero attached hydrogens (tertiary/aromatic N) is 8. The highest BCUT2D eigenvalue weighted by Crippen LogP contribution is 2.47. The van der Waals surface area contributed by atoms with Crippen molar-refractivity contribution in [2.75, 3.05) is 0 Å². The quantitative estimate of drug-likeness (QED) is 0.144. The van der Waals surface area contributed by atoms with Crippen LogP contribution >= 0.6 is 0 Å². The zero-order valence-corrected chi connectivity index (χ0v) is 20.5. The molecule has 0 N–H and O–H groups in total. The summed E-state index contributed by atoms with van der Waals surface area (Å²) >= 11 is 0. The largest absolute Gasteiger partial charge is 0.271 e. The lowest BCUT2D eigenvalue weighted by atomic mass is 9.90. The van der Waals surface area contributed by atoms with Crippen molar-refractivity contribution in [2.45, 2.75) is 0 Å². The van der Waals surface area contributed by atoms with Crippen LogP contribution in [-0.4, -0.2) is 19.9 Å². The molecule has 180 valence electrons. The molecule has 0 fully saturated rings. The molecular formula is C32H12N8. The summed E-state index contributed by atoms with van der Waals surface area (Å²) in [5, 5.41) is 33.1. The molecule has 0 aliphatic heterocycles. The van der Waals surface area contributed by atoms with Gasteiger partial charge in [-0.2, -0.15) is 10.5 Å². The van der Waals surface area contributed by atoms with Crippen LogP contribution in [0, 0.1) is 40.6 Å². The van der Waals surface area contributed by atoms with Gasteiger partial charge in [0.25, 0.3) is 5.70 Å². The molecule has 8 nitrogen and oxygen atoms in total. The van der Waals surface area contributed by atoms with Gasteiger partial charge in [0.05, 0.1) is 24.0 Å². The number of hydrogen-bond acceptors (Lipinski definition) is 7. The fraction of sp³-hybridized carbons (Fsp3) is 0. The van der Waals surface area contributed by atoms with Crippen LogP contribution < -0.4 is 0 Å². The Balaban J connectivity index is 1.56. The molecule has 0 unspecified atom stereocenters. The van der Waals surface area contributed by atoms with E-state index in [0.29, 0.717) is 28.1 Å². The molecule has 4 aromatic carbocycles. The summed E-state index contributed by atoms with van der Waals surface area (Å²) in [5.41, 5.74) is 4.12. The number of benzene rings is 4. The molecular weight excluding hydrogens is 496 g/mol. The lowest BCUT2D eigenvalue weighted by Crippen LogP contribution is -2.02. The molecule has 1 aliphatic carbocycles. The second-order valence-electron chi connectivity index (χ2n) is 9.11. The zero-order chi connectivity index (χ0) is 27.4. The van der Waals surface area contributed by atoms with Crippen LogP contribution in [0.2, 0.25) is 0 Å². The average Bonchev–Trinajstić information content (AvgIpc) is 3.30. The predicted octanol–water partition coefficient (Wildman–Crippen LogP) is 6.32. The third-order valence-electron chi connectivity index (χ3n) is 7.03. The van der Waals surface area contributed by atoms with Crippen LogP contribution in [0.3, 0.4) is 0 Å². The minimum atomic E-state index is -0.166. The number of allylic oxidation sites excluding steroid dienone is 1. The minimum absolute atomic E-state index is 0.0575. The first-order valence-electron chi connectivity index (χ1n) is 12.1. The maximum Gasteiger partial charge on any atom is 0.271 e. The van der Waals surface area contributed by atoms with E-state index < -0.39 is 0 Å². The summed E-state index contributed by atoms with van der Waals surface area (Å²) in [6.07, 6.45) is 0. The zero-order valence-electron chi connectivity index (χ0n) is 20.5. The van der Waals surface area contributed by atoms with E-state index in [-0.39, 0.29) is 28.4 Å². The van der Waals surface area contributed by atoms with Gasteiger partial charge < -0.3 is 0 Å². The van der Waals surface area contributed by atoms with Gasteiger partial charge in [-0.25, -0.2) is 30.0 Å². The summed E-state index contributed by atoms with van der Waals surface area (Å²) in [7, 11) is 0. The van der Waals surface area contributed by atoms with E-state index >= 15 is 0 Å². The lowest BCUT2D eigenvalue weighted by molar-refractivity contribution is 1.11. The fourth-order valence-corrected chi connectivity index (χ4v) is 5.35. The SMILES string of the molecule is [C-]#[N+]/C(C#N)=C1\c2cc(-c3c4ccccc4cc4ccccc34)ccc2-c2nc3nc(C#N)c(C#N)nc3nc21. The summed E-state index contributed by atoms with van der Waals surface area (Å²) in [4.78, 5) is 21.1. The normalized spacial score (nSPS) is 12.7. The summed E-state index contributed by atoms with van der Waals surface area (Å²) in [6, 6.07) is 30.1. The van der Waals surface area contributed by atoms with Crippen molar-refractivity contribution in [3.63, 3.8) is 0 Å². The molecule has 6 aromatic rings. The molecule has 0 saturated carbocycles. The molecule has 2 aromatic heterocycles. The van der Waals surface area contributed by atoms with Crippen LogP contribution in [0.15, 0.2) is 78.5 Å². The van der Waals surface area contributed by atoms with Crippen LogP contribution in [0.5, 0.6) is 0 Å². The van der Waals surface area contributed by atoms with E-state index in [1.807, 2.05) is 60.7 Å². The van der Waals surface area contributed by atoms with Gasteiger partial charge in [0, 0.05) is 11.1 Å². The van der Waals surface area contributed by atoms with Crippen molar-refractivity contribution < 1.29 is 0 Å². The molecule has 1 aliphatic rings. The molecule has 7 rings (SSSR count). The van der Waals surface area contributed by atoms with Gasteiger partial charge in [0.15, 0.2) is 22.7 Å². The van der Waals surface area contributed by atoms with Gasteiger partial charge >= 0.3 is 0 Å². The van der Waals surface area contributed by atoms with Gasteiger partial charge in [-0.3, -0.25) is 0 Å². The molecule has 40 heavy (non-hydrogen) atoms. The van der Waals surface area contributed by atoms with Crippen molar-refractivity contribution in [1.29, 1.82) is 15.8 Å². The number of nitriles is 3. The van der Waals surface area contributed by atoms with Gasteiger partial charge in [0.1, 0.15) is 12.1 Å². The Hall–Kier alpha value is -6.48. The number of hydrogen-bond donors (Lipinski definition) is 0. The second kappa shape index (κ2) is 8.54. The average molecular weight is 509 g/mol. The number of rotatable bonds is 1. The van der Waals surface area contributed by atoms with Gasteiger partial charge in [-0.15, -0.1) is 0 Å². The smallest absolute Gasteiger partial charge is 0.226 e. The topological polar surface area (TPSA) is 127 Å². The van der Waals surface area contributed by atoms with Crippen LogP contribution in [0.4, 0.5) is 0 Å². The van der Waals surface area contributed by atoms with Crippen molar-refractivity contribution in [3.05, 3.63) is 113 Å². The van der Waals surface area contributed by atoms with Crippen molar-refractivity contribution in [3.8, 4) is 40.6 Å². The van der Waals surface area contributed by atoms with E-state index in [2.05, 4.69) is 55.1 Å². The molecule has 2 heterocycles. The Labute approximate surface area is 227 Å². The van der Waals surface area contributed by atoms with Crippen LogP contribution in [-0.2, 0) is 0 Å². The summed E-state index contributed by atoms with van der Waals surface area (Å²) in [5.74, 6) is 0. The summed E-state index contributed by atoms with van der Waals surface area (Å²) in [6.45, 7) is 7.71. The third kappa shape index (κ3) is 3.15. The van der Waals surface area contributed by atoms with E-state index in [4.69, 9.17) is 6.57 Å². The molecule has 0 radical (unpaired) electrons. The fourth-order valence-electron chi connectivity index (χ4n) is 5.35. The minimum Gasteiger partial charge on any atom is -0.226 e. The predicted molar refractivity (Wildman–Crippen MR) is 149 cm³/mol. The van der Waals surface area contributed by atoms with Crippen molar-refractivity contribution in [1.82, 2.24) is 19.9 Å². The maximum absolute atomic E-state index is 9.89. The van der Waals surface area contributed by atoms with Gasteiger partial charge in [-0.1, -0.05) is 60.7 Å². The van der Waals surface area contributed by atoms with Crippen molar-refractivity contribution in [2.24, 2.45) is 0 Å². The van der Waals surface area contributed by atoms with Crippen LogP contribution in [0.1, 0.15) is 22.6 Å². The van der Waals surface area contributed by atoms with E-state index in [1.165, 1.54) is 0 Å². The third-order valence-corrected chi connectivity index (χ3v) is 7.03.